The second-order valence-corrected chi connectivity index (χ2v) is 7.37. The molecule has 0 N–H and O–H groups in total. The normalized spacial score (nSPS) is 24.1. The number of likely N-dealkylation sites (tertiary alicyclic amines) is 1. The van der Waals surface area contributed by atoms with Crippen LogP contribution in [-0.4, -0.2) is 76.4 Å². The highest BCUT2D eigenvalue weighted by molar-refractivity contribution is 5.74. The van der Waals surface area contributed by atoms with E-state index in [9.17, 15) is 4.79 Å². The predicted octanol–water partition coefficient (Wildman–Crippen LogP) is 2.30. The molecule has 1 aromatic rings. The fourth-order valence-electron chi connectivity index (χ4n) is 3.91. The van der Waals surface area contributed by atoms with Gasteiger partial charge in [0.05, 0.1) is 20.3 Å². The molecule has 0 saturated carbocycles. The zero-order valence-electron chi connectivity index (χ0n) is 15.5. The van der Waals surface area contributed by atoms with Crippen LogP contribution < -0.4 is 9.64 Å². The number of anilines is 1. The van der Waals surface area contributed by atoms with Crippen LogP contribution in [0, 0.1) is 5.41 Å². The number of hydrogen-bond donors (Lipinski definition) is 0. The molecule has 1 spiro atoms. The molecule has 0 aliphatic carbocycles. The lowest BCUT2D eigenvalue weighted by molar-refractivity contribution is 0.0210. The van der Waals surface area contributed by atoms with Gasteiger partial charge in [0, 0.05) is 51.4 Å². The average molecular weight is 347 g/mol. The van der Waals surface area contributed by atoms with Gasteiger partial charge in [-0.1, -0.05) is 0 Å². The van der Waals surface area contributed by atoms with Crippen LogP contribution in [-0.2, 0) is 4.74 Å². The molecule has 2 aliphatic rings. The lowest BCUT2D eigenvalue weighted by Gasteiger charge is -2.44. The largest absolute Gasteiger partial charge is 0.497 e. The monoisotopic (exact) mass is 347 g/mol. The number of methoxy groups -OCH3 is 1. The van der Waals surface area contributed by atoms with E-state index in [2.05, 4.69) is 17.0 Å². The highest BCUT2D eigenvalue weighted by Gasteiger charge is 2.40. The van der Waals surface area contributed by atoms with Gasteiger partial charge in [0.1, 0.15) is 5.75 Å². The van der Waals surface area contributed by atoms with E-state index in [0.29, 0.717) is 0 Å². The summed E-state index contributed by atoms with van der Waals surface area (Å²) < 4.78 is 11.2. The number of benzene rings is 1. The first-order valence-electron chi connectivity index (χ1n) is 8.96. The lowest BCUT2D eigenvalue weighted by atomic mass is 9.80. The molecule has 0 unspecified atom stereocenters. The third kappa shape index (κ3) is 4.00. The third-order valence-electron chi connectivity index (χ3n) is 5.19. The Morgan fingerprint density at radius 3 is 2.64 bits per heavy atom. The van der Waals surface area contributed by atoms with Gasteiger partial charge in [-0.3, -0.25) is 0 Å². The summed E-state index contributed by atoms with van der Waals surface area (Å²) in [5.74, 6) is 0.866. The molecule has 0 bridgehead atoms. The van der Waals surface area contributed by atoms with Crippen molar-refractivity contribution >= 4 is 11.7 Å². The zero-order chi connectivity index (χ0) is 17.9. The first kappa shape index (κ1) is 17.9. The number of carbonyl (C=O) groups is 1. The van der Waals surface area contributed by atoms with Crippen molar-refractivity contribution in [2.75, 3.05) is 65.5 Å². The Morgan fingerprint density at radius 1 is 1.20 bits per heavy atom. The van der Waals surface area contributed by atoms with Crippen LogP contribution in [0.25, 0.3) is 0 Å². The van der Waals surface area contributed by atoms with E-state index < -0.39 is 0 Å². The molecule has 2 heterocycles. The number of hydrogen-bond acceptors (Lipinski definition) is 4. The number of urea groups is 1. The molecule has 138 valence electrons. The fraction of sp³-hybridized carbons (Fsp3) is 0.632. The van der Waals surface area contributed by atoms with Crippen LogP contribution in [0.15, 0.2) is 24.3 Å². The van der Waals surface area contributed by atoms with Crippen LogP contribution in [0.1, 0.15) is 12.8 Å². The molecule has 25 heavy (non-hydrogen) atoms. The minimum absolute atomic E-state index is 0.000345. The maximum atomic E-state index is 12.4. The van der Waals surface area contributed by atoms with Crippen molar-refractivity contribution in [3.05, 3.63) is 24.3 Å². The summed E-state index contributed by atoms with van der Waals surface area (Å²) in [4.78, 5) is 18.4. The molecule has 0 radical (unpaired) electrons. The first-order valence-corrected chi connectivity index (χ1v) is 8.96. The average Bonchev–Trinajstić information content (AvgIpc) is 2.83. The second kappa shape index (κ2) is 7.52. The molecule has 2 fully saturated rings. The van der Waals surface area contributed by atoms with Crippen molar-refractivity contribution < 1.29 is 14.3 Å². The summed E-state index contributed by atoms with van der Waals surface area (Å²) in [5, 5.41) is 0. The van der Waals surface area contributed by atoms with E-state index in [0.717, 1.165) is 58.0 Å². The Balaban J connectivity index is 1.77. The fourth-order valence-corrected chi connectivity index (χ4v) is 3.91. The predicted molar refractivity (Wildman–Crippen MR) is 98.3 cm³/mol. The summed E-state index contributed by atoms with van der Waals surface area (Å²) in [6.07, 6.45) is 2.12. The van der Waals surface area contributed by atoms with Crippen molar-refractivity contribution in [3.63, 3.8) is 0 Å². The van der Waals surface area contributed by atoms with Crippen LogP contribution in [0.2, 0.25) is 0 Å². The van der Waals surface area contributed by atoms with Gasteiger partial charge in [0.2, 0.25) is 0 Å². The molecule has 1 aromatic carbocycles. The second-order valence-electron chi connectivity index (χ2n) is 7.37. The maximum absolute atomic E-state index is 12.4. The smallest absolute Gasteiger partial charge is 0.319 e. The van der Waals surface area contributed by atoms with Gasteiger partial charge in [0.25, 0.3) is 0 Å². The van der Waals surface area contributed by atoms with E-state index in [-0.39, 0.29) is 11.4 Å². The van der Waals surface area contributed by atoms with E-state index in [1.807, 2.05) is 31.1 Å². The summed E-state index contributed by atoms with van der Waals surface area (Å²) in [6.45, 7) is 4.82. The molecular weight excluding hydrogens is 318 g/mol. The Kier molecular flexibility index (Phi) is 5.37. The Morgan fingerprint density at radius 2 is 1.96 bits per heavy atom. The summed E-state index contributed by atoms with van der Waals surface area (Å²) in [7, 11) is 5.32. The summed E-state index contributed by atoms with van der Waals surface area (Å²) in [6, 6.07) is 8.29. The van der Waals surface area contributed by atoms with Crippen LogP contribution >= 0.6 is 0 Å². The number of ether oxygens (including phenoxy) is 2. The Hall–Kier alpha value is -1.95. The van der Waals surface area contributed by atoms with Gasteiger partial charge in [0.15, 0.2) is 0 Å². The third-order valence-corrected chi connectivity index (χ3v) is 5.19. The van der Waals surface area contributed by atoms with E-state index in [1.165, 1.54) is 5.69 Å². The Bertz CT molecular complexity index is 590. The summed E-state index contributed by atoms with van der Waals surface area (Å²) >= 11 is 0. The Labute approximate surface area is 150 Å². The van der Waals surface area contributed by atoms with Crippen LogP contribution in [0.3, 0.4) is 0 Å². The molecule has 1 atom stereocenters. The van der Waals surface area contributed by atoms with E-state index in [4.69, 9.17) is 9.47 Å². The number of piperidine rings is 1. The number of nitrogens with zero attached hydrogens (tertiary/aromatic N) is 3. The SMILES string of the molecule is COc1ccc(N2CCOC[C@@]3(CCCN(C(=O)N(C)C)C3)C2)cc1. The topological polar surface area (TPSA) is 45.3 Å². The zero-order valence-corrected chi connectivity index (χ0v) is 15.5. The van der Waals surface area contributed by atoms with Crippen molar-refractivity contribution in [2.24, 2.45) is 5.41 Å². The molecule has 6 heteroatoms. The molecule has 2 saturated heterocycles. The van der Waals surface area contributed by atoms with Gasteiger partial charge >= 0.3 is 6.03 Å². The first-order chi connectivity index (χ1) is 12.0. The van der Waals surface area contributed by atoms with Crippen molar-refractivity contribution in [1.82, 2.24) is 9.80 Å². The van der Waals surface area contributed by atoms with Gasteiger partial charge in [-0.2, -0.15) is 0 Å². The van der Waals surface area contributed by atoms with E-state index in [1.54, 1.807) is 12.0 Å². The van der Waals surface area contributed by atoms with Crippen molar-refractivity contribution in [3.8, 4) is 5.75 Å². The van der Waals surface area contributed by atoms with Crippen molar-refractivity contribution in [2.45, 2.75) is 12.8 Å². The molecule has 3 rings (SSSR count). The molecule has 2 aliphatic heterocycles. The molecular formula is C19H29N3O3. The standard InChI is InChI=1S/C19H29N3O3/c1-20(2)18(23)22-10-4-9-19(14-22)13-21(11-12-25-15-19)16-5-7-17(24-3)8-6-16/h5-8H,4,9-15H2,1-3H3/t19-/m0/s1. The van der Waals surface area contributed by atoms with Gasteiger partial charge < -0.3 is 24.2 Å². The molecule has 0 aromatic heterocycles. The summed E-state index contributed by atoms with van der Waals surface area (Å²) in [5.41, 5.74) is 1.18. The highest BCUT2D eigenvalue weighted by Crippen LogP contribution is 2.35. The minimum atomic E-state index is 0.000345. The number of amides is 2. The van der Waals surface area contributed by atoms with Gasteiger partial charge in [-0.15, -0.1) is 0 Å². The number of carbonyl (C=O) groups excluding carboxylic acids is 1. The van der Waals surface area contributed by atoms with Gasteiger partial charge in [-0.05, 0) is 37.1 Å². The number of rotatable bonds is 2. The van der Waals surface area contributed by atoms with E-state index >= 15 is 0 Å². The van der Waals surface area contributed by atoms with Gasteiger partial charge in [-0.25, -0.2) is 4.79 Å². The maximum Gasteiger partial charge on any atom is 0.319 e. The van der Waals surface area contributed by atoms with Crippen molar-refractivity contribution in [1.29, 1.82) is 0 Å². The molecule has 6 nitrogen and oxygen atoms in total. The molecule has 2 amide bonds. The van der Waals surface area contributed by atoms with Crippen LogP contribution in [0.4, 0.5) is 10.5 Å². The van der Waals surface area contributed by atoms with Crippen LogP contribution in [0.5, 0.6) is 5.75 Å². The quantitative estimate of drug-likeness (QED) is 0.823. The lowest BCUT2D eigenvalue weighted by Crippen LogP contribution is -2.54. The minimum Gasteiger partial charge on any atom is -0.497 e. The highest BCUT2D eigenvalue weighted by atomic mass is 16.5.